The van der Waals surface area contributed by atoms with Gasteiger partial charge in [0.25, 0.3) is 0 Å². The Morgan fingerprint density at radius 3 is 2.29 bits per heavy atom. The molecule has 3 rings (SSSR count). The van der Waals surface area contributed by atoms with Crippen molar-refractivity contribution in [1.82, 2.24) is 0 Å². The van der Waals surface area contributed by atoms with E-state index in [4.69, 9.17) is 4.74 Å². The van der Waals surface area contributed by atoms with Crippen LogP contribution in [0.5, 0.6) is 28.7 Å². The first-order chi connectivity index (χ1) is 11.3. The molecule has 1 aliphatic heterocycles. The Morgan fingerprint density at radius 1 is 1.08 bits per heavy atom. The third-order valence-corrected chi connectivity index (χ3v) is 3.71. The molecule has 8 nitrogen and oxygen atoms in total. The predicted molar refractivity (Wildman–Crippen MR) is 76.4 cm³/mol. The van der Waals surface area contributed by atoms with Gasteiger partial charge in [0.2, 0.25) is 0 Å². The van der Waals surface area contributed by atoms with E-state index >= 15 is 0 Å². The number of rotatable bonds is 2. The molecule has 8 heteroatoms. The molecule has 0 fully saturated rings. The highest BCUT2D eigenvalue weighted by molar-refractivity contribution is 6.08. The molecule has 1 heterocycles. The van der Waals surface area contributed by atoms with Crippen LogP contribution in [-0.4, -0.2) is 38.6 Å². The summed E-state index contributed by atoms with van der Waals surface area (Å²) in [6.45, 7) is 0. The number of aromatic hydroxyl groups is 3. The summed E-state index contributed by atoms with van der Waals surface area (Å²) in [5.74, 6) is -3.70. The van der Waals surface area contributed by atoms with E-state index in [-0.39, 0.29) is 22.4 Å². The van der Waals surface area contributed by atoms with E-state index in [9.17, 15) is 35.1 Å². The first kappa shape index (κ1) is 15.6. The SMILES string of the molecule is O=Cc1cc([O-])cc2c1C(=O)[C@H](O)[C@@H](c1cc(O)c(O)c(O)c1)O2. The van der Waals surface area contributed by atoms with Crippen LogP contribution in [0.1, 0.15) is 32.4 Å². The van der Waals surface area contributed by atoms with Crippen LogP contribution in [0.4, 0.5) is 0 Å². The van der Waals surface area contributed by atoms with E-state index in [1.165, 1.54) is 0 Å². The van der Waals surface area contributed by atoms with Gasteiger partial charge in [0.15, 0.2) is 41.5 Å². The summed E-state index contributed by atoms with van der Waals surface area (Å²) in [5, 5.41) is 50.2. The first-order valence-corrected chi connectivity index (χ1v) is 6.77. The molecule has 0 amide bonds. The van der Waals surface area contributed by atoms with Gasteiger partial charge in [-0.15, -0.1) is 5.75 Å². The topological polar surface area (TPSA) is 147 Å². The summed E-state index contributed by atoms with van der Waals surface area (Å²) < 4.78 is 5.44. The van der Waals surface area contributed by atoms with Crippen molar-refractivity contribution < 1.29 is 39.9 Å². The van der Waals surface area contributed by atoms with Crippen LogP contribution in [0.2, 0.25) is 0 Å². The molecule has 0 spiro atoms. The summed E-state index contributed by atoms with van der Waals surface area (Å²) in [5.41, 5.74) is -0.407. The summed E-state index contributed by atoms with van der Waals surface area (Å²) in [7, 11) is 0. The summed E-state index contributed by atoms with van der Waals surface area (Å²) in [4.78, 5) is 23.4. The van der Waals surface area contributed by atoms with Gasteiger partial charge in [-0.25, -0.2) is 0 Å². The molecule has 1 aliphatic rings. The number of phenols is 3. The van der Waals surface area contributed by atoms with Crippen molar-refractivity contribution in [2.75, 3.05) is 0 Å². The number of aliphatic hydroxyl groups is 1. The summed E-state index contributed by atoms with van der Waals surface area (Å²) >= 11 is 0. The monoisotopic (exact) mass is 331 g/mol. The molecular formula is C16H11O8-. The van der Waals surface area contributed by atoms with Gasteiger partial charge in [0.05, 0.1) is 5.56 Å². The maximum Gasteiger partial charge on any atom is 0.200 e. The van der Waals surface area contributed by atoms with E-state index in [1.54, 1.807) is 0 Å². The Hall–Kier alpha value is -3.26. The molecule has 0 saturated heterocycles. The molecule has 0 saturated carbocycles. The van der Waals surface area contributed by atoms with Crippen LogP contribution < -0.4 is 9.84 Å². The Morgan fingerprint density at radius 2 is 1.71 bits per heavy atom. The molecule has 0 unspecified atom stereocenters. The van der Waals surface area contributed by atoms with Crippen LogP contribution in [0.3, 0.4) is 0 Å². The van der Waals surface area contributed by atoms with Crippen molar-refractivity contribution in [3.05, 3.63) is 41.0 Å². The zero-order valence-corrected chi connectivity index (χ0v) is 12.0. The number of ketones is 1. The average molecular weight is 331 g/mol. The van der Waals surface area contributed by atoms with E-state index < -0.39 is 41.0 Å². The van der Waals surface area contributed by atoms with E-state index in [0.29, 0.717) is 6.29 Å². The smallest absolute Gasteiger partial charge is 0.200 e. The van der Waals surface area contributed by atoms with Gasteiger partial charge < -0.3 is 30.3 Å². The highest BCUT2D eigenvalue weighted by Gasteiger charge is 2.39. The number of benzene rings is 2. The Balaban J connectivity index is 2.13. The fourth-order valence-electron chi connectivity index (χ4n) is 2.59. The van der Waals surface area contributed by atoms with Crippen molar-refractivity contribution >= 4 is 12.1 Å². The predicted octanol–water partition coefficient (Wildman–Crippen LogP) is 0.367. The van der Waals surface area contributed by atoms with Gasteiger partial charge >= 0.3 is 0 Å². The number of phenolic OH excluding ortho intramolecular Hbond substituents is 3. The third-order valence-electron chi connectivity index (χ3n) is 3.71. The van der Waals surface area contributed by atoms with Gasteiger partial charge in [-0.1, -0.05) is 6.07 Å². The zero-order valence-electron chi connectivity index (χ0n) is 12.0. The van der Waals surface area contributed by atoms with Gasteiger partial charge in [0, 0.05) is 11.1 Å². The Bertz CT molecular complexity index is 834. The lowest BCUT2D eigenvalue weighted by atomic mass is 9.90. The highest BCUT2D eigenvalue weighted by atomic mass is 16.5. The minimum absolute atomic E-state index is 0.00162. The lowest BCUT2D eigenvalue weighted by Gasteiger charge is -2.31. The van der Waals surface area contributed by atoms with Gasteiger partial charge in [-0.3, -0.25) is 9.59 Å². The summed E-state index contributed by atoms with van der Waals surface area (Å²) in [6.07, 6.45) is -2.77. The lowest BCUT2D eigenvalue weighted by Crippen LogP contribution is -2.37. The number of ether oxygens (including phenoxy) is 1. The minimum atomic E-state index is -1.74. The molecule has 0 aliphatic carbocycles. The Kier molecular flexibility index (Phi) is 3.53. The van der Waals surface area contributed by atoms with Gasteiger partial charge in [-0.05, 0) is 18.2 Å². The quantitative estimate of drug-likeness (QED) is 0.456. The van der Waals surface area contributed by atoms with Gasteiger partial charge in [-0.2, -0.15) is 0 Å². The number of fused-ring (bicyclic) bond motifs is 1. The number of Topliss-reactive ketones (excluding diaryl/α,β-unsaturated/α-hetero) is 1. The van der Waals surface area contributed by atoms with Crippen LogP contribution in [0, 0.1) is 0 Å². The van der Waals surface area contributed by atoms with Crippen molar-refractivity contribution in [3.63, 3.8) is 0 Å². The van der Waals surface area contributed by atoms with Crippen LogP contribution in [-0.2, 0) is 0 Å². The van der Waals surface area contributed by atoms with Crippen molar-refractivity contribution in [1.29, 1.82) is 0 Å². The second-order valence-corrected chi connectivity index (χ2v) is 5.26. The number of hydrogen-bond donors (Lipinski definition) is 4. The minimum Gasteiger partial charge on any atom is -0.872 e. The fourth-order valence-corrected chi connectivity index (χ4v) is 2.59. The third kappa shape index (κ3) is 2.29. The highest BCUT2D eigenvalue weighted by Crippen LogP contribution is 2.42. The molecular weight excluding hydrogens is 320 g/mol. The normalized spacial score (nSPS) is 19.5. The largest absolute Gasteiger partial charge is 0.872 e. The number of carbonyl (C=O) groups excluding carboxylic acids is 2. The molecule has 2 atom stereocenters. The number of carbonyl (C=O) groups is 2. The molecule has 0 aromatic heterocycles. The van der Waals surface area contributed by atoms with Gasteiger partial charge in [0.1, 0.15) is 5.75 Å². The average Bonchev–Trinajstić information content (AvgIpc) is 2.54. The molecule has 4 N–H and O–H groups in total. The first-order valence-electron chi connectivity index (χ1n) is 6.77. The molecule has 2 aromatic carbocycles. The van der Waals surface area contributed by atoms with Crippen molar-refractivity contribution in [2.24, 2.45) is 0 Å². The van der Waals surface area contributed by atoms with E-state index in [2.05, 4.69) is 0 Å². The maximum absolute atomic E-state index is 12.4. The Labute approximate surface area is 134 Å². The van der Waals surface area contributed by atoms with Crippen LogP contribution in [0.15, 0.2) is 24.3 Å². The van der Waals surface area contributed by atoms with Crippen LogP contribution in [0.25, 0.3) is 0 Å². The second-order valence-electron chi connectivity index (χ2n) is 5.26. The number of aldehydes is 1. The van der Waals surface area contributed by atoms with Crippen molar-refractivity contribution in [3.8, 4) is 28.7 Å². The fraction of sp³-hybridized carbons (Fsp3) is 0.125. The lowest BCUT2D eigenvalue weighted by molar-refractivity contribution is -0.268. The molecule has 24 heavy (non-hydrogen) atoms. The number of hydrogen-bond acceptors (Lipinski definition) is 8. The maximum atomic E-state index is 12.4. The standard InChI is InChI=1S/C16H12O8/c17-5-7-1-8(18)4-11-12(7)14(22)15(23)16(24-11)6-2-9(19)13(21)10(20)3-6/h1-5,15-16,18-21,23H/p-1/t15-,16+/m0/s1. The van der Waals surface area contributed by atoms with Crippen molar-refractivity contribution in [2.45, 2.75) is 12.2 Å². The molecule has 124 valence electrons. The zero-order chi connectivity index (χ0) is 17.6. The number of aliphatic hydroxyl groups excluding tert-OH is 1. The summed E-state index contributed by atoms with van der Waals surface area (Å²) in [6, 6.07) is 3.96. The molecule has 0 radical (unpaired) electrons. The second kappa shape index (κ2) is 5.43. The molecule has 2 aromatic rings. The van der Waals surface area contributed by atoms with E-state index in [0.717, 1.165) is 24.3 Å². The molecule has 0 bridgehead atoms. The van der Waals surface area contributed by atoms with E-state index in [1.807, 2.05) is 0 Å². The van der Waals surface area contributed by atoms with Crippen LogP contribution >= 0.6 is 0 Å².